The molecular weight excluding hydrogens is 215 g/mol. The summed E-state index contributed by atoms with van der Waals surface area (Å²) >= 11 is 5.68. The lowest BCUT2D eigenvalue weighted by Gasteiger charge is -2.04. The summed E-state index contributed by atoms with van der Waals surface area (Å²) in [5, 5.41) is 1.76. The molecule has 0 amide bonds. The lowest BCUT2D eigenvalue weighted by atomic mass is 10.1. The third-order valence-corrected chi connectivity index (χ3v) is 2.72. The molecule has 80 valence electrons. The summed E-state index contributed by atoms with van der Waals surface area (Å²) in [6.07, 6.45) is 0.748. The Morgan fingerprint density at radius 3 is 3.00 bits per heavy atom. The second kappa shape index (κ2) is 3.91. The van der Waals surface area contributed by atoms with Crippen LogP contribution in [-0.4, -0.2) is 12.6 Å². The Bertz CT molecular complexity index is 508. The molecule has 1 heterocycles. The van der Waals surface area contributed by atoms with E-state index in [4.69, 9.17) is 17.3 Å². The van der Waals surface area contributed by atoms with Gasteiger partial charge in [0.05, 0.1) is 16.9 Å². The van der Waals surface area contributed by atoms with Crippen LogP contribution >= 0.6 is 11.6 Å². The van der Waals surface area contributed by atoms with Crippen LogP contribution in [0, 0.1) is 5.82 Å². The Hall–Kier alpha value is -0.930. The highest BCUT2D eigenvalue weighted by Crippen LogP contribution is 2.11. The van der Waals surface area contributed by atoms with Gasteiger partial charge in [-0.25, -0.2) is 4.39 Å². The normalized spacial score (nSPS) is 16.1. The van der Waals surface area contributed by atoms with Crippen molar-refractivity contribution in [3.63, 3.8) is 0 Å². The van der Waals surface area contributed by atoms with Gasteiger partial charge in [0.2, 0.25) is 0 Å². The van der Waals surface area contributed by atoms with Gasteiger partial charge in [0.25, 0.3) is 0 Å². The van der Waals surface area contributed by atoms with Crippen molar-refractivity contribution in [3.8, 4) is 0 Å². The quantitative estimate of drug-likeness (QED) is 0.803. The molecule has 4 heteroatoms. The lowest BCUT2D eigenvalue weighted by molar-refractivity contribution is 0.626. The molecule has 0 aliphatic carbocycles. The molecule has 0 aromatic heterocycles. The Balaban J connectivity index is 2.58. The molecule has 0 unspecified atom stereocenters. The van der Waals surface area contributed by atoms with E-state index in [0.29, 0.717) is 6.54 Å². The number of hydrogen-bond donors (Lipinski definition) is 1. The molecule has 0 saturated carbocycles. The summed E-state index contributed by atoms with van der Waals surface area (Å²) in [7, 11) is 0. The van der Waals surface area contributed by atoms with Crippen LogP contribution < -0.4 is 16.3 Å². The molecule has 15 heavy (non-hydrogen) atoms. The number of hydrogen-bond acceptors (Lipinski definition) is 2. The van der Waals surface area contributed by atoms with Crippen LogP contribution in [0.1, 0.15) is 13.3 Å². The average molecular weight is 227 g/mol. The van der Waals surface area contributed by atoms with E-state index in [1.54, 1.807) is 6.07 Å². The number of rotatable bonds is 2. The van der Waals surface area contributed by atoms with Crippen molar-refractivity contribution < 1.29 is 4.39 Å². The first-order valence-corrected chi connectivity index (χ1v) is 5.23. The molecule has 1 atom stereocenters. The fourth-order valence-electron chi connectivity index (χ4n) is 1.78. The van der Waals surface area contributed by atoms with Crippen LogP contribution in [0.2, 0.25) is 5.02 Å². The van der Waals surface area contributed by atoms with Crippen molar-refractivity contribution in [2.45, 2.75) is 19.4 Å². The first kappa shape index (κ1) is 10.6. The molecule has 2 nitrogen and oxygen atoms in total. The molecular formula is C11H12ClFN2. The minimum absolute atomic E-state index is 0.0693. The molecule has 0 bridgehead atoms. The summed E-state index contributed by atoms with van der Waals surface area (Å²) in [6, 6.07) is 3.09. The maximum Gasteiger partial charge on any atom is 0.142 e. The van der Waals surface area contributed by atoms with Gasteiger partial charge in [-0.1, -0.05) is 11.6 Å². The van der Waals surface area contributed by atoms with Crippen LogP contribution in [0.25, 0.3) is 5.57 Å². The zero-order chi connectivity index (χ0) is 11.0. The third kappa shape index (κ3) is 2.03. The van der Waals surface area contributed by atoms with Crippen molar-refractivity contribution in [2.24, 2.45) is 10.7 Å². The van der Waals surface area contributed by atoms with Crippen molar-refractivity contribution in [3.05, 3.63) is 33.5 Å². The predicted octanol–water partition coefficient (Wildman–Crippen LogP) is 1.00. The van der Waals surface area contributed by atoms with E-state index in [-0.39, 0.29) is 11.1 Å². The lowest BCUT2D eigenvalue weighted by Crippen LogP contribution is -2.26. The zero-order valence-electron chi connectivity index (χ0n) is 8.43. The van der Waals surface area contributed by atoms with Gasteiger partial charge in [0.15, 0.2) is 0 Å². The summed E-state index contributed by atoms with van der Waals surface area (Å²) in [6.45, 7) is 2.54. The van der Waals surface area contributed by atoms with Crippen molar-refractivity contribution >= 4 is 17.2 Å². The van der Waals surface area contributed by atoms with E-state index in [0.717, 1.165) is 22.6 Å². The highest BCUT2D eigenvalue weighted by molar-refractivity contribution is 6.30. The molecule has 1 aromatic rings. The van der Waals surface area contributed by atoms with Gasteiger partial charge in [0.1, 0.15) is 5.82 Å². The van der Waals surface area contributed by atoms with Crippen LogP contribution in [0.5, 0.6) is 0 Å². The number of fused-ring (bicyclic) bond motifs is 1. The van der Waals surface area contributed by atoms with Crippen molar-refractivity contribution in [1.29, 1.82) is 0 Å². The van der Waals surface area contributed by atoms with Crippen molar-refractivity contribution in [1.82, 2.24) is 0 Å². The minimum atomic E-state index is -0.394. The van der Waals surface area contributed by atoms with E-state index >= 15 is 0 Å². The van der Waals surface area contributed by atoms with Gasteiger partial charge in [-0.05, 0) is 31.1 Å². The fourth-order valence-corrected chi connectivity index (χ4v) is 1.94. The van der Waals surface area contributed by atoms with E-state index in [9.17, 15) is 4.39 Å². The topological polar surface area (TPSA) is 38.4 Å². The van der Waals surface area contributed by atoms with Crippen molar-refractivity contribution in [2.75, 3.05) is 6.54 Å². The van der Waals surface area contributed by atoms with Gasteiger partial charge in [-0.3, -0.25) is 4.99 Å². The molecule has 2 N–H and O–H groups in total. The highest BCUT2D eigenvalue weighted by Gasteiger charge is 2.11. The Morgan fingerprint density at radius 1 is 1.60 bits per heavy atom. The minimum Gasteiger partial charge on any atom is -0.328 e. The summed E-state index contributed by atoms with van der Waals surface area (Å²) in [5.74, 6) is -0.394. The second-order valence-corrected chi connectivity index (χ2v) is 4.29. The Kier molecular flexibility index (Phi) is 2.76. The second-order valence-electron chi connectivity index (χ2n) is 3.88. The molecule has 0 fully saturated rings. The highest BCUT2D eigenvalue weighted by atomic mass is 35.5. The summed E-state index contributed by atoms with van der Waals surface area (Å²) in [5.41, 5.74) is 6.81. The van der Waals surface area contributed by atoms with Gasteiger partial charge in [-0.15, -0.1) is 0 Å². The predicted molar refractivity (Wildman–Crippen MR) is 58.7 cm³/mol. The maximum absolute atomic E-state index is 13.3. The smallest absolute Gasteiger partial charge is 0.142 e. The monoisotopic (exact) mass is 226 g/mol. The van der Waals surface area contributed by atoms with E-state index < -0.39 is 5.82 Å². The van der Waals surface area contributed by atoms with Crippen LogP contribution in [0.15, 0.2) is 17.1 Å². The maximum atomic E-state index is 13.3. The van der Waals surface area contributed by atoms with Crippen LogP contribution in [0.4, 0.5) is 4.39 Å². The van der Waals surface area contributed by atoms with E-state index in [1.165, 1.54) is 6.07 Å². The number of halogens is 2. The largest absolute Gasteiger partial charge is 0.328 e. The SMILES string of the molecule is C[C@H](N)CC1=c2cc(F)c(Cl)cc2=NC1. The number of nitrogens with two attached hydrogens (primary N) is 1. The van der Waals surface area contributed by atoms with Gasteiger partial charge in [-0.2, -0.15) is 0 Å². The van der Waals surface area contributed by atoms with Gasteiger partial charge in [0, 0.05) is 11.3 Å². The molecule has 1 aliphatic rings. The molecule has 2 rings (SSSR count). The van der Waals surface area contributed by atoms with E-state index in [2.05, 4.69) is 4.99 Å². The average Bonchev–Trinajstić information content (AvgIpc) is 2.49. The molecule has 0 saturated heterocycles. The fraction of sp³-hybridized carbons (Fsp3) is 0.364. The van der Waals surface area contributed by atoms with Gasteiger partial charge < -0.3 is 5.73 Å². The number of benzene rings is 1. The first-order valence-electron chi connectivity index (χ1n) is 4.85. The summed E-state index contributed by atoms with van der Waals surface area (Å²) < 4.78 is 13.3. The molecule has 1 aliphatic heterocycles. The Labute approximate surface area is 92.3 Å². The van der Waals surface area contributed by atoms with E-state index in [1.807, 2.05) is 6.92 Å². The van der Waals surface area contributed by atoms with Gasteiger partial charge >= 0.3 is 0 Å². The number of nitrogens with zero attached hydrogens (tertiary/aromatic N) is 1. The zero-order valence-corrected chi connectivity index (χ0v) is 9.18. The summed E-state index contributed by atoms with van der Waals surface area (Å²) in [4.78, 5) is 4.29. The van der Waals surface area contributed by atoms with Crippen LogP contribution in [-0.2, 0) is 0 Å². The standard InChI is InChI=1S/C11H12ClFN2/c1-6(14)2-7-5-15-11-4-9(12)10(13)3-8(7)11/h3-4,6H,2,5,14H2,1H3/t6-/m0/s1. The first-order chi connectivity index (χ1) is 7.08. The molecule has 0 spiro atoms. The molecule has 0 radical (unpaired) electrons. The Morgan fingerprint density at radius 2 is 2.33 bits per heavy atom. The van der Waals surface area contributed by atoms with Crippen LogP contribution in [0.3, 0.4) is 0 Å². The third-order valence-electron chi connectivity index (χ3n) is 2.43. The molecule has 1 aromatic carbocycles.